The van der Waals surface area contributed by atoms with Gasteiger partial charge in [-0.3, -0.25) is 9.69 Å². The monoisotopic (exact) mass is 456 g/mol. The first-order valence-corrected chi connectivity index (χ1v) is 11.5. The molecule has 3 heterocycles. The van der Waals surface area contributed by atoms with Crippen molar-refractivity contribution in [3.8, 4) is 11.5 Å². The fourth-order valence-electron chi connectivity index (χ4n) is 6.00. The molecule has 5 rings (SSSR count). The SMILES string of the molecule is COc1ccc(C(=O)N2C3CCC2CC(CN2CCc4c(cccc4OC)C2)C3)cc1.Cl. The van der Waals surface area contributed by atoms with Gasteiger partial charge in [-0.05, 0) is 79.5 Å². The minimum Gasteiger partial charge on any atom is -0.497 e. The summed E-state index contributed by atoms with van der Waals surface area (Å²) < 4.78 is 10.8. The quantitative estimate of drug-likeness (QED) is 0.661. The Morgan fingerprint density at radius 2 is 1.72 bits per heavy atom. The first kappa shape index (κ1) is 22.9. The summed E-state index contributed by atoms with van der Waals surface area (Å²) in [6, 6.07) is 14.7. The van der Waals surface area contributed by atoms with E-state index in [0.29, 0.717) is 18.0 Å². The molecule has 32 heavy (non-hydrogen) atoms. The molecule has 2 saturated heterocycles. The van der Waals surface area contributed by atoms with Gasteiger partial charge in [0.1, 0.15) is 11.5 Å². The standard InChI is InChI=1S/C26H32N2O3.ClH/c1-30-23-10-6-19(7-11-23)26(29)28-21-8-9-22(28)15-18(14-21)16-27-13-12-24-20(17-27)4-3-5-25(24)31-2;/h3-7,10-11,18,21-22H,8-9,12-17H2,1-2H3;1H. The maximum absolute atomic E-state index is 13.2. The van der Waals surface area contributed by atoms with E-state index in [-0.39, 0.29) is 18.3 Å². The number of fused-ring (bicyclic) bond motifs is 3. The topological polar surface area (TPSA) is 42.0 Å². The second-order valence-corrected chi connectivity index (χ2v) is 9.25. The van der Waals surface area contributed by atoms with Crippen LogP contribution in [0.5, 0.6) is 11.5 Å². The molecule has 1 amide bonds. The van der Waals surface area contributed by atoms with Crippen LogP contribution in [0.25, 0.3) is 0 Å². The number of piperidine rings is 1. The van der Waals surface area contributed by atoms with Crippen LogP contribution in [0.15, 0.2) is 42.5 Å². The smallest absolute Gasteiger partial charge is 0.254 e. The summed E-state index contributed by atoms with van der Waals surface area (Å²) in [4.78, 5) is 18.0. The molecule has 0 N–H and O–H groups in total. The van der Waals surface area contributed by atoms with Gasteiger partial charge >= 0.3 is 0 Å². The Labute approximate surface area is 197 Å². The van der Waals surface area contributed by atoms with Crippen molar-refractivity contribution in [1.29, 1.82) is 0 Å². The van der Waals surface area contributed by atoms with E-state index in [4.69, 9.17) is 9.47 Å². The van der Waals surface area contributed by atoms with Crippen molar-refractivity contribution in [3.05, 3.63) is 59.2 Å². The number of hydrogen-bond acceptors (Lipinski definition) is 4. The van der Waals surface area contributed by atoms with Gasteiger partial charge in [0.2, 0.25) is 0 Å². The number of halogens is 1. The molecule has 6 heteroatoms. The maximum Gasteiger partial charge on any atom is 0.254 e. The Kier molecular flexibility index (Phi) is 6.96. The van der Waals surface area contributed by atoms with Crippen molar-refractivity contribution >= 4 is 18.3 Å². The van der Waals surface area contributed by atoms with Gasteiger partial charge in [-0.2, -0.15) is 0 Å². The largest absolute Gasteiger partial charge is 0.497 e. The van der Waals surface area contributed by atoms with Crippen molar-refractivity contribution < 1.29 is 14.3 Å². The molecule has 2 unspecified atom stereocenters. The number of hydrogen-bond donors (Lipinski definition) is 0. The van der Waals surface area contributed by atoms with Crippen molar-refractivity contribution in [3.63, 3.8) is 0 Å². The number of nitrogens with zero attached hydrogens (tertiary/aromatic N) is 2. The molecule has 2 aromatic rings. The molecule has 2 aromatic carbocycles. The van der Waals surface area contributed by atoms with Gasteiger partial charge in [0.25, 0.3) is 5.91 Å². The summed E-state index contributed by atoms with van der Waals surface area (Å²) in [5.41, 5.74) is 3.56. The van der Waals surface area contributed by atoms with Crippen molar-refractivity contribution in [2.75, 3.05) is 27.3 Å². The van der Waals surface area contributed by atoms with Crippen molar-refractivity contribution in [2.24, 2.45) is 5.92 Å². The Morgan fingerprint density at radius 1 is 1.00 bits per heavy atom. The van der Waals surface area contributed by atoms with Gasteiger partial charge < -0.3 is 14.4 Å². The Bertz CT molecular complexity index is 935. The number of amides is 1. The molecule has 2 bridgehead atoms. The third-order valence-electron chi connectivity index (χ3n) is 7.44. The number of carbonyl (C=O) groups excluding carboxylic acids is 1. The van der Waals surface area contributed by atoms with Crippen LogP contribution < -0.4 is 9.47 Å². The number of carbonyl (C=O) groups is 1. The molecule has 3 aliphatic rings. The lowest BCUT2D eigenvalue weighted by Gasteiger charge is -2.41. The van der Waals surface area contributed by atoms with Crippen LogP contribution in [-0.2, 0) is 13.0 Å². The summed E-state index contributed by atoms with van der Waals surface area (Å²) in [7, 11) is 3.41. The number of ether oxygens (including phenoxy) is 2. The third-order valence-corrected chi connectivity index (χ3v) is 7.44. The zero-order chi connectivity index (χ0) is 21.4. The highest BCUT2D eigenvalue weighted by atomic mass is 35.5. The predicted octanol–water partition coefficient (Wildman–Crippen LogP) is 4.57. The maximum atomic E-state index is 13.2. The van der Waals surface area contributed by atoms with Gasteiger partial charge in [0.05, 0.1) is 14.2 Å². The van der Waals surface area contributed by atoms with E-state index in [1.807, 2.05) is 24.3 Å². The van der Waals surface area contributed by atoms with Crippen LogP contribution in [0.2, 0.25) is 0 Å². The average molecular weight is 457 g/mol. The lowest BCUT2D eigenvalue weighted by molar-refractivity contribution is 0.0474. The Balaban J connectivity index is 0.00000245. The highest BCUT2D eigenvalue weighted by Gasteiger charge is 2.43. The van der Waals surface area contributed by atoms with E-state index in [0.717, 1.165) is 68.8 Å². The van der Waals surface area contributed by atoms with E-state index in [1.54, 1.807) is 14.2 Å². The van der Waals surface area contributed by atoms with Crippen LogP contribution in [-0.4, -0.2) is 55.1 Å². The van der Waals surface area contributed by atoms with Gasteiger partial charge in [-0.25, -0.2) is 0 Å². The molecule has 5 nitrogen and oxygen atoms in total. The fraction of sp³-hybridized carbons (Fsp3) is 0.500. The molecular weight excluding hydrogens is 424 g/mol. The molecule has 2 atom stereocenters. The molecule has 2 fully saturated rings. The van der Waals surface area contributed by atoms with E-state index in [1.165, 1.54) is 11.1 Å². The molecule has 0 saturated carbocycles. The summed E-state index contributed by atoms with van der Waals surface area (Å²) in [5.74, 6) is 2.68. The van der Waals surface area contributed by atoms with Crippen LogP contribution in [0, 0.1) is 5.92 Å². The molecule has 0 aromatic heterocycles. The lowest BCUT2D eigenvalue weighted by Crippen LogP contribution is -2.48. The molecule has 0 radical (unpaired) electrons. The highest BCUT2D eigenvalue weighted by Crippen LogP contribution is 2.40. The first-order chi connectivity index (χ1) is 15.2. The van der Waals surface area contributed by atoms with Crippen molar-refractivity contribution in [1.82, 2.24) is 9.80 Å². The fourth-order valence-corrected chi connectivity index (χ4v) is 6.00. The van der Waals surface area contributed by atoms with Gasteiger partial charge in [0, 0.05) is 37.3 Å². The zero-order valence-electron chi connectivity index (χ0n) is 19.0. The zero-order valence-corrected chi connectivity index (χ0v) is 19.8. The third kappa shape index (κ3) is 4.33. The summed E-state index contributed by atoms with van der Waals surface area (Å²) in [6.45, 7) is 3.23. The first-order valence-electron chi connectivity index (χ1n) is 11.5. The summed E-state index contributed by atoms with van der Waals surface area (Å²) in [6.07, 6.45) is 5.59. The molecule has 0 aliphatic carbocycles. The van der Waals surface area contributed by atoms with Crippen molar-refractivity contribution in [2.45, 2.75) is 50.7 Å². The van der Waals surface area contributed by atoms with Gasteiger partial charge in [-0.15, -0.1) is 12.4 Å². The lowest BCUT2D eigenvalue weighted by atomic mass is 9.88. The number of methoxy groups -OCH3 is 2. The van der Waals surface area contributed by atoms with Gasteiger partial charge in [0.15, 0.2) is 0 Å². The highest BCUT2D eigenvalue weighted by molar-refractivity contribution is 5.95. The Morgan fingerprint density at radius 3 is 2.38 bits per heavy atom. The number of benzene rings is 2. The molecular formula is C26H33ClN2O3. The molecule has 3 aliphatic heterocycles. The normalized spacial score (nSPS) is 24.4. The second-order valence-electron chi connectivity index (χ2n) is 9.25. The van der Waals surface area contributed by atoms with Crippen LogP contribution >= 0.6 is 12.4 Å². The van der Waals surface area contributed by atoms with Crippen LogP contribution in [0.3, 0.4) is 0 Å². The second kappa shape index (κ2) is 9.72. The summed E-state index contributed by atoms with van der Waals surface area (Å²) in [5, 5.41) is 0. The minimum atomic E-state index is 0. The van der Waals surface area contributed by atoms with E-state index in [2.05, 4.69) is 28.0 Å². The molecule has 0 spiro atoms. The Hall–Kier alpha value is -2.24. The van der Waals surface area contributed by atoms with E-state index < -0.39 is 0 Å². The minimum absolute atomic E-state index is 0. The van der Waals surface area contributed by atoms with E-state index >= 15 is 0 Å². The van der Waals surface area contributed by atoms with E-state index in [9.17, 15) is 4.79 Å². The summed E-state index contributed by atoms with van der Waals surface area (Å²) >= 11 is 0. The van der Waals surface area contributed by atoms with Crippen LogP contribution in [0.4, 0.5) is 0 Å². The molecule has 172 valence electrons. The average Bonchev–Trinajstić information content (AvgIpc) is 3.08. The predicted molar refractivity (Wildman–Crippen MR) is 128 cm³/mol. The van der Waals surface area contributed by atoms with Crippen LogP contribution in [0.1, 0.15) is 47.2 Å². The van der Waals surface area contributed by atoms with Gasteiger partial charge in [-0.1, -0.05) is 12.1 Å². The number of rotatable bonds is 5.